The lowest BCUT2D eigenvalue weighted by Crippen LogP contribution is -2.38. The second-order valence-corrected chi connectivity index (χ2v) is 8.87. The molecule has 1 saturated carbocycles. The molecule has 1 heterocycles. The number of anilines is 1. The highest BCUT2D eigenvalue weighted by molar-refractivity contribution is 6.33. The van der Waals surface area contributed by atoms with Crippen LogP contribution in [0.25, 0.3) is 10.9 Å². The largest absolute Gasteiger partial charge is 0.416 e. The molecule has 1 aliphatic carbocycles. The number of aromatic nitrogens is 2. The van der Waals surface area contributed by atoms with Gasteiger partial charge < -0.3 is 10.6 Å². The Morgan fingerprint density at radius 3 is 2.56 bits per heavy atom. The van der Waals surface area contributed by atoms with Crippen LogP contribution < -0.4 is 10.6 Å². The lowest BCUT2D eigenvalue weighted by atomic mass is 9.86. The number of amides is 1. The number of alkyl halides is 3. The van der Waals surface area contributed by atoms with E-state index < -0.39 is 17.6 Å². The van der Waals surface area contributed by atoms with Crippen LogP contribution in [0.1, 0.15) is 41.6 Å². The maximum absolute atomic E-state index is 13.0. The number of hydrogen-bond donors (Lipinski definition) is 3. The molecule has 4 rings (SSSR count). The van der Waals surface area contributed by atoms with Crippen molar-refractivity contribution in [1.82, 2.24) is 15.5 Å². The Bertz CT molecular complexity index is 1120. The van der Waals surface area contributed by atoms with E-state index in [-0.39, 0.29) is 16.6 Å². The second kappa shape index (κ2) is 9.19. The van der Waals surface area contributed by atoms with Crippen molar-refractivity contribution in [3.8, 4) is 0 Å². The van der Waals surface area contributed by atoms with Gasteiger partial charge in [-0.2, -0.15) is 18.3 Å². The predicted octanol–water partition coefficient (Wildman–Crippen LogP) is 6.29. The van der Waals surface area contributed by atoms with Crippen LogP contribution in [-0.4, -0.2) is 28.7 Å². The molecule has 2 aromatic carbocycles. The van der Waals surface area contributed by atoms with Gasteiger partial charge in [-0.15, -0.1) is 0 Å². The fraction of sp³-hybridized carbons (Fsp3) is 0.364. The first-order valence-corrected chi connectivity index (χ1v) is 11.0. The topological polar surface area (TPSA) is 69.8 Å². The van der Waals surface area contributed by atoms with E-state index in [0.717, 1.165) is 67.1 Å². The van der Waals surface area contributed by atoms with Crippen molar-refractivity contribution in [2.75, 3.05) is 11.9 Å². The summed E-state index contributed by atoms with van der Waals surface area (Å²) in [6.07, 6.45) is -1.31. The molecule has 0 bridgehead atoms. The van der Waals surface area contributed by atoms with Crippen LogP contribution in [-0.2, 0) is 6.18 Å². The van der Waals surface area contributed by atoms with Crippen molar-refractivity contribution in [1.29, 1.82) is 0 Å². The molecule has 0 radical (unpaired) electrons. The molecule has 0 aliphatic heterocycles. The van der Waals surface area contributed by atoms with Crippen LogP contribution in [0, 0.1) is 5.92 Å². The van der Waals surface area contributed by atoms with E-state index in [9.17, 15) is 18.0 Å². The number of carbonyl (C=O) groups excluding carboxylic acids is 1. The SMILES string of the molecule is O=C(N[C@H]1CC[C@H](CNc2n[nH]c3ccc(Cl)cc23)CC1)c1cc(C(F)(F)F)ccc1Cl. The summed E-state index contributed by atoms with van der Waals surface area (Å²) in [5.74, 6) is 0.561. The molecule has 1 fully saturated rings. The summed E-state index contributed by atoms with van der Waals surface area (Å²) < 4.78 is 38.9. The van der Waals surface area contributed by atoms with E-state index in [2.05, 4.69) is 20.8 Å². The number of aromatic amines is 1. The van der Waals surface area contributed by atoms with E-state index in [1.165, 1.54) is 0 Å². The number of carbonyl (C=O) groups is 1. The van der Waals surface area contributed by atoms with Gasteiger partial charge in [-0.1, -0.05) is 23.2 Å². The highest BCUT2D eigenvalue weighted by Crippen LogP contribution is 2.32. The van der Waals surface area contributed by atoms with Crippen molar-refractivity contribution >= 4 is 45.8 Å². The predicted molar refractivity (Wildman–Crippen MR) is 119 cm³/mol. The Morgan fingerprint density at radius 2 is 1.84 bits per heavy atom. The summed E-state index contributed by atoms with van der Waals surface area (Å²) in [6, 6.07) is 8.20. The number of rotatable bonds is 5. The first-order valence-electron chi connectivity index (χ1n) is 10.3. The van der Waals surface area contributed by atoms with Gasteiger partial charge in [-0.25, -0.2) is 0 Å². The minimum absolute atomic E-state index is 0.000261. The van der Waals surface area contributed by atoms with Crippen LogP contribution >= 0.6 is 23.2 Å². The van der Waals surface area contributed by atoms with Gasteiger partial charge in [0.25, 0.3) is 5.91 Å². The molecular weight excluding hydrogens is 464 g/mol. The van der Waals surface area contributed by atoms with Crippen molar-refractivity contribution in [2.24, 2.45) is 5.92 Å². The van der Waals surface area contributed by atoms with E-state index in [0.29, 0.717) is 10.9 Å². The highest BCUT2D eigenvalue weighted by Gasteiger charge is 2.32. The average Bonchev–Trinajstić information content (AvgIpc) is 3.14. The van der Waals surface area contributed by atoms with Crippen molar-refractivity contribution in [3.05, 3.63) is 57.6 Å². The number of hydrogen-bond acceptors (Lipinski definition) is 3. The molecule has 0 saturated heterocycles. The molecule has 170 valence electrons. The minimum Gasteiger partial charge on any atom is -0.368 e. The van der Waals surface area contributed by atoms with Crippen molar-refractivity contribution < 1.29 is 18.0 Å². The van der Waals surface area contributed by atoms with Gasteiger partial charge in [0.2, 0.25) is 0 Å². The summed E-state index contributed by atoms with van der Waals surface area (Å²) in [4.78, 5) is 12.5. The second-order valence-electron chi connectivity index (χ2n) is 8.03. The summed E-state index contributed by atoms with van der Waals surface area (Å²) >= 11 is 12.0. The fourth-order valence-corrected chi connectivity index (χ4v) is 4.39. The summed E-state index contributed by atoms with van der Waals surface area (Å²) in [5.41, 5.74) is -0.153. The Kier molecular flexibility index (Phi) is 6.53. The van der Waals surface area contributed by atoms with Gasteiger partial charge >= 0.3 is 6.18 Å². The molecule has 1 amide bonds. The fourth-order valence-electron chi connectivity index (χ4n) is 4.01. The lowest BCUT2D eigenvalue weighted by Gasteiger charge is -2.29. The third-order valence-corrected chi connectivity index (χ3v) is 6.37. The van der Waals surface area contributed by atoms with Crippen LogP contribution in [0.5, 0.6) is 0 Å². The van der Waals surface area contributed by atoms with E-state index in [4.69, 9.17) is 23.2 Å². The van der Waals surface area contributed by atoms with Gasteiger partial charge in [-0.05, 0) is 68.0 Å². The number of fused-ring (bicyclic) bond motifs is 1. The van der Waals surface area contributed by atoms with Crippen LogP contribution in [0.3, 0.4) is 0 Å². The smallest absolute Gasteiger partial charge is 0.368 e. The molecule has 5 nitrogen and oxygen atoms in total. The van der Waals surface area contributed by atoms with Gasteiger partial charge in [0.1, 0.15) is 0 Å². The zero-order valence-corrected chi connectivity index (χ0v) is 18.4. The molecule has 0 atom stereocenters. The van der Waals surface area contributed by atoms with Crippen molar-refractivity contribution in [2.45, 2.75) is 37.9 Å². The Morgan fingerprint density at radius 1 is 1.09 bits per heavy atom. The van der Waals surface area contributed by atoms with Crippen LogP contribution in [0.15, 0.2) is 36.4 Å². The molecular formula is C22H21Cl2F3N4O. The van der Waals surface area contributed by atoms with Crippen LogP contribution in [0.2, 0.25) is 10.0 Å². The monoisotopic (exact) mass is 484 g/mol. The summed E-state index contributed by atoms with van der Waals surface area (Å²) in [6.45, 7) is 0.729. The molecule has 0 spiro atoms. The molecule has 10 heteroatoms. The highest BCUT2D eigenvalue weighted by atomic mass is 35.5. The Balaban J connectivity index is 1.30. The van der Waals surface area contributed by atoms with Gasteiger partial charge in [0.05, 0.1) is 21.7 Å². The summed E-state index contributed by atoms with van der Waals surface area (Å²) in [5, 5.41) is 15.0. The molecule has 3 aromatic rings. The average molecular weight is 485 g/mol. The van der Waals surface area contributed by atoms with E-state index in [1.807, 2.05) is 12.1 Å². The van der Waals surface area contributed by atoms with Gasteiger partial charge in [-0.3, -0.25) is 9.89 Å². The first-order chi connectivity index (χ1) is 15.2. The standard InChI is InChI=1S/C22H21Cl2F3N4O/c23-14-4-8-19-17(10-14)20(31-30-19)28-11-12-1-5-15(6-2-12)29-21(32)16-9-13(22(25,26)27)3-7-18(16)24/h3-4,7-10,12,15H,1-2,5-6,11H2,(H,29,32)(H2,28,30,31)/t12-,15-. The maximum Gasteiger partial charge on any atom is 0.416 e. The molecule has 1 aromatic heterocycles. The molecule has 0 unspecified atom stereocenters. The van der Waals surface area contributed by atoms with Crippen LogP contribution in [0.4, 0.5) is 19.0 Å². The van der Waals surface area contributed by atoms with Crippen molar-refractivity contribution in [3.63, 3.8) is 0 Å². The third-order valence-electron chi connectivity index (χ3n) is 5.80. The van der Waals surface area contributed by atoms with E-state index in [1.54, 1.807) is 6.07 Å². The number of H-pyrrole nitrogens is 1. The van der Waals surface area contributed by atoms with E-state index >= 15 is 0 Å². The normalized spacial score (nSPS) is 19.2. The zero-order valence-electron chi connectivity index (χ0n) is 16.9. The minimum atomic E-state index is -4.53. The summed E-state index contributed by atoms with van der Waals surface area (Å²) in [7, 11) is 0. The number of halogens is 5. The Labute approximate surface area is 192 Å². The number of nitrogens with zero attached hydrogens (tertiary/aromatic N) is 1. The molecule has 3 N–H and O–H groups in total. The Hall–Kier alpha value is -2.45. The number of benzene rings is 2. The number of nitrogens with one attached hydrogen (secondary N) is 3. The molecule has 32 heavy (non-hydrogen) atoms. The van der Waals surface area contributed by atoms with Gasteiger partial charge in [0, 0.05) is 23.0 Å². The molecule has 1 aliphatic rings. The third kappa shape index (κ3) is 5.13. The maximum atomic E-state index is 13.0. The first kappa shape index (κ1) is 22.7. The zero-order chi connectivity index (χ0) is 22.9. The lowest BCUT2D eigenvalue weighted by molar-refractivity contribution is -0.137. The van der Waals surface area contributed by atoms with Gasteiger partial charge in [0.15, 0.2) is 5.82 Å². The quantitative estimate of drug-likeness (QED) is 0.398.